The molecule has 0 aromatic rings. The quantitative estimate of drug-likeness (QED) is 0.438. The van der Waals surface area contributed by atoms with Crippen molar-refractivity contribution in [3.05, 3.63) is 0 Å². The molecule has 0 saturated carbocycles. The first-order valence-electron chi connectivity index (χ1n) is 7.22. The number of amides is 1. The third kappa shape index (κ3) is 5.35. The Bertz CT molecular complexity index is 582. The first kappa shape index (κ1) is 20.8. The molecule has 0 bridgehead atoms. The van der Waals surface area contributed by atoms with Crippen molar-refractivity contribution < 1.29 is 31.2 Å². The summed E-state index contributed by atoms with van der Waals surface area (Å²) in [4.78, 5) is 12.1. The average Bonchev–Trinajstić information content (AvgIpc) is 2.73. The Labute approximate surface area is 141 Å². The van der Waals surface area contributed by atoms with Gasteiger partial charge in [-0.1, -0.05) is 13.8 Å². The fraction of sp³-hybridized carbons (Fsp3) is 0.917. The summed E-state index contributed by atoms with van der Waals surface area (Å²) in [6.07, 6.45) is 0.854. The van der Waals surface area contributed by atoms with Crippen molar-refractivity contribution >= 4 is 34.3 Å². The molecule has 1 fully saturated rings. The molecule has 1 aliphatic heterocycles. The first-order chi connectivity index (χ1) is 10.5. The molecule has 3 unspecified atom stereocenters. The van der Waals surface area contributed by atoms with Gasteiger partial charge < -0.3 is 9.26 Å². The van der Waals surface area contributed by atoms with E-state index in [4.69, 9.17) is 13.4 Å². The second-order valence-electron chi connectivity index (χ2n) is 5.54. The Kier molecular flexibility index (Phi) is 6.98. The number of carbonyl (C=O) groups excluding carboxylic acids is 1. The van der Waals surface area contributed by atoms with Crippen LogP contribution in [0, 0.1) is 0 Å². The zero-order chi connectivity index (χ0) is 17.9. The van der Waals surface area contributed by atoms with Crippen molar-refractivity contribution in [1.82, 2.24) is 4.67 Å². The average molecular weight is 389 g/mol. The third-order valence-electron chi connectivity index (χ3n) is 3.20. The predicted octanol–water partition coefficient (Wildman–Crippen LogP) is 2.85. The van der Waals surface area contributed by atoms with Crippen LogP contribution >= 0.6 is 18.1 Å². The molecule has 1 heterocycles. The summed E-state index contributed by atoms with van der Waals surface area (Å²) in [5.74, 6) is 0. The summed E-state index contributed by atoms with van der Waals surface area (Å²) in [7, 11) is -3.71. The standard InChI is InChI=1S/C12H24NO7PS2/c1-6-10(3)22-21(15,19-7-2)13-11(14)18-8-12(13,4)9-20-23(5,16)17/h10H,6-9H2,1-5H3. The van der Waals surface area contributed by atoms with E-state index in [2.05, 4.69) is 0 Å². The van der Waals surface area contributed by atoms with E-state index in [1.165, 1.54) is 0 Å². The van der Waals surface area contributed by atoms with Gasteiger partial charge in [-0.3, -0.25) is 8.75 Å². The molecule has 1 saturated heterocycles. The number of hydrogen-bond acceptors (Lipinski definition) is 8. The van der Waals surface area contributed by atoms with Gasteiger partial charge in [0.2, 0.25) is 0 Å². The van der Waals surface area contributed by atoms with E-state index >= 15 is 0 Å². The minimum absolute atomic E-state index is 0.0131. The molecule has 8 nitrogen and oxygen atoms in total. The van der Waals surface area contributed by atoms with E-state index in [0.717, 1.165) is 28.7 Å². The highest BCUT2D eigenvalue weighted by molar-refractivity contribution is 8.56. The highest BCUT2D eigenvalue weighted by Crippen LogP contribution is 2.67. The van der Waals surface area contributed by atoms with Crippen molar-refractivity contribution in [2.75, 3.05) is 26.1 Å². The van der Waals surface area contributed by atoms with E-state index < -0.39 is 28.5 Å². The van der Waals surface area contributed by atoms with Crippen LogP contribution in [0.5, 0.6) is 0 Å². The van der Waals surface area contributed by atoms with Crippen LogP contribution in [0.4, 0.5) is 4.79 Å². The topological polar surface area (TPSA) is 99.2 Å². The number of carbonyl (C=O) groups is 1. The van der Waals surface area contributed by atoms with Gasteiger partial charge in [-0.25, -0.2) is 9.46 Å². The zero-order valence-electron chi connectivity index (χ0n) is 14.0. The molecule has 0 aromatic carbocycles. The monoisotopic (exact) mass is 389 g/mol. The molecule has 0 aliphatic carbocycles. The molecule has 0 spiro atoms. The minimum Gasteiger partial charge on any atom is -0.446 e. The molecule has 0 N–H and O–H groups in total. The fourth-order valence-electron chi connectivity index (χ4n) is 1.89. The van der Waals surface area contributed by atoms with Crippen LogP contribution in [-0.2, 0) is 28.1 Å². The summed E-state index contributed by atoms with van der Waals surface area (Å²) >= 11 is 1.06. The first-order valence-corrected chi connectivity index (χ1v) is 12.1. The summed E-state index contributed by atoms with van der Waals surface area (Å²) in [6, 6.07) is 0. The zero-order valence-corrected chi connectivity index (χ0v) is 16.5. The van der Waals surface area contributed by atoms with Crippen molar-refractivity contribution in [3.8, 4) is 0 Å². The molecule has 0 aromatic heterocycles. The molecule has 1 amide bonds. The van der Waals surface area contributed by atoms with Gasteiger partial charge in [-0.15, -0.1) is 0 Å². The van der Waals surface area contributed by atoms with Crippen LogP contribution in [0.25, 0.3) is 0 Å². The Morgan fingerprint density at radius 1 is 1.48 bits per heavy atom. The fourth-order valence-corrected chi connectivity index (χ4v) is 7.91. The van der Waals surface area contributed by atoms with Crippen LogP contribution in [0.3, 0.4) is 0 Å². The van der Waals surface area contributed by atoms with Crippen LogP contribution in [0.15, 0.2) is 0 Å². The number of hydrogen-bond donors (Lipinski definition) is 0. The third-order valence-corrected chi connectivity index (χ3v) is 9.11. The van der Waals surface area contributed by atoms with Gasteiger partial charge in [0, 0.05) is 5.25 Å². The lowest BCUT2D eigenvalue weighted by Gasteiger charge is -2.36. The smallest absolute Gasteiger partial charge is 0.418 e. The van der Waals surface area contributed by atoms with E-state index in [9.17, 15) is 17.8 Å². The summed E-state index contributed by atoms with van der Waals surface area (Å²) < 4.78 is 52.0. The van der Waals surface area contributed by atoms with Crippen molar-refractivity contribution in [3.63, 3.8) is 0 Å². The highest BCUT2D eigenvalue weighted by Gasteiger charge is 2.55. The van der Waals surface area contributed by atoms with Gasteiger partial charge in [0.05, 0.1) is 19.5 Å². The van der Waals surface area contributed by atoms with Crippen LogP contribution in [-0.4, -0.2) is 56.0 Å². The van der Waals surface area contributed by atoms with Crippen molar-refractivity contribution in [2.45, 2.75) is 44.9 Å². The molecule has 0 radical (unpaired) electrons. The number of cyclic esters (lactones) is 1. The van der Waals surface area contributed by atoms with Gasteiger partial charge in [0.1, 0.15) is 12.1 Å². The Balaban J connectivity index is 3.14. The Hall–Kier alpha value is -0.280. The van der Waals surface area contributed by atoms with Gasteiger partial charge in [-0.2, -0.15) is 8.42 Å². The number of rotatable bonds is 9. The van der Waals surface area contributed by atoms with Gasteiger partial charge in [0.25, 0.3) is 10.1 Å². The molecular weight excluding hydrogens is 365 g/mol. The number of nitrogens with zero attached hydrogens (tertiary/aromatic N) is 1. The highest BCUT2D eigenvalue weighted by atomic mass is 32.7. The van der Waals surface area contributed by atoms with Crippen LogP contribution in [0.1, 0.15) is 34.1 Å². The second kappa shape index (κ2) is 7.74. The van der Waals surface area contributed by atoms with E-state index in [1.807, 2.05) is 13.8 Å². The minimum atomic E-state index is -3.71. The molecule has 3 atom stereocenters. The number of ether oxygens (including phenoxy) is 1. The lowest BCUT2D eigenvalue weighted by molar-refractivity contribution is 0.151. The molecule has 11 heteroatoms. The van der Waals surface area contributed by atoms with E-state index in [-0.39, 0.29) is 25.1 Å². The lowest BCUT2D eigenvalue weighted by Crippen LogP contribution is -2.46. The van der Waals surface area contributed by atoms with E-state index in [0.29, 0.717) is 0 Å². The van der Waals surface area contributed by atoms with Gasteiger partial charge >= 0.3 is 12.8 Å². The molecule has 1 aliphatic rings. The molecule has 23 heavy (non-hydrogen) atoms. The summed E-state index contributed by atoms with van der Waals surface area (Å²) in [5, 5.41) is -0.0131. The Morgan fingerprint density at radius 3 is 2.57 bits per heavy atom. The Morgan fingerprint density at radius 2 is 2.09 bits per heavy atom. The normalized spacial score (nSPS) is 26.0. The molecular formula is C12H24NO7PS2. The van der Waals surface area contributed by atoms with E-state index in [1.54, 1.807) is 13.8 Å². The largest absolute Gasteiger partial charge is 0.446 e. The molecule has 136 valence electrons. The van der Waals surface area contributed by atoms with Crippen LogP contribution < -0.4 is 0 Å². The maximum absolute atomic E-state index is 13.3. The summed E-state index contributed by atoms with van der Waals surface area (Å²) in [6.45, 7) is 3.12. The SMILES string of the molecule is CCOP(=O)(SC(C)CC)N1C(=O)OCC1(C)COS(C)(=O)=O. The van der Waals surface area contributed by atoms with Crippen molar-refractivity contribution in [2.24, 2.45) is 0 Å². The van der Waals surface area contributed by atoms with Gasteiger partial charge in [0.15, 0.2) is 0 Å². The predicted molar refractivity (Wildman–Crippen MR) is 89.0 cm³/mol. The second-order valence-corrected chi connectivity index (χ2v) is 11.8. The van der Waals surface area contributed by atoms with Crippen LogP contribution in [0.2, 0.25) is 0 Å². The maximum atomic E-state index is 13.3. The lowest BCUT2D eigenvalue weighted by atomic mass is 10.1. The molecule has 1 rings (SSSR count). The van der Waals surface area contributed by atoms with Gasteiger partial charge in [-0.05, 0) is 31.7 Å². The summed E-state index contributed by atoms with van der Waals surface area (Å²) in [5.41, 5.74) is -1.19. The maximum Gasteiger partial charge on any atom is 0.418 e. The van der Waals surface area contributed by atoms with Crippen molar-refractivity contribution in [1.29, 1.82) is 0 Å².